The molecule has 2 N–H and O–H groups in total. The van der Waals surface area contributed by atoms with E-state index in [-0.39, 0.29) is 5.91 Å². The molecule has 11 heavy (non-hydrogen) atoms. The summed E-state index contributed by atoms with van der Waals surface area (Å²) in [7, 11) is 0. The maximum absolute atomic E-state index is 11.1. The van der Waals surface area contributed by atoms with Crippen molar-refractivity contribution in [3.63, 3.8) is 0 Å². The number of nitrogens with one attached hydrogen (secondary N) is 2. The average Bonchev–Trinajstić information content (AvgIpc) is 2.08. The van der Waals surface area contributed by atoms with Crippen molar-refractivity contribution in [2.24, 2.45) is 0 Å². The van der Waals surface area contributed by atoms with Gasteiger partial charge in [-0.3, -0.25) is 10.1 Å². The first-order chi connectivity index (χ1) is 5.08. The molecule has 1 aliphatic heterocycles. The van der Waals surface area contributed by atoms with Gasteiger partial charge in [-0.05, 0) is 13.3 Å². The molecule has 0 aliphatic carbocycles. The molecule has 1 atom stereocenters. The van der Waals surface area contributed by atoms with E-state index in [0.717, 1.165) is 0 Å². The Bertz CT molecular complexity index is 224. The number of imide groups is 1. The van der Waals surface area contributed by atoms with Gasteiger partial charge in [0.25, 0.3) is 5.91 Å². The highest BCUT2D eigenvalue weighted by Gasteiger charge is 2.40. The SMILES string of the molecule is C=CCC1(C)NC(=O)NC1=O. The first-order valence-electron chi connectivity index (χ1n) is 3.33. The summed E-state index contributed by atoms with van der Waals surface area (Å²) in [5.74, 6) is -0.289. The van der Waals surface area contributed by atoms with Crippen LogP contribution in [0.3, 0.4) is 0 Å². The first-order valence-corrected chi connectivity index (χ1v) is 3.33. The van der Waals surface area contributed by atoms with Crippen molar-refractivity contribution in [1.82, 2.24) is 10.6 Å². The third-order valence-corrected chi connectivity index (χ3v) is 1.67. The van der Waals surface area contributed by atoms with Crippen LogP contribution in [0.15, 0.2) is 12.7 Å². The molecule has 0 aromatic heterocycles. The summed E-state index contributed by atoms with van der Waals surface area (Å²) in [6.07, 6.45) is 2.05. The summed E-state index contributed by atoms with van der Waals surface area (Å²) in [5, 5.41) is 4.67. The van der Waals surface area contributed by atoms with Gasteiger partial charge in [-0.2, -0.15) is 0 Å². The van der Waals surface area contributed by atoms with Gasteiger partial charge in [-0.25, -0.2) is 4.79 Å². The predicted octanol–water partition coefficient (Wildman–Crippen LogP) is 0.161. The Labute approximate surface area is 64.7 Å². The van der Waals surface area contributed by atoms with E-state index in [2.05, 4.69) is 17.2 Å². The number of amides is 3. The molecule has 1 saturated heterocycles. The second kappa shape index (κ2) is 2.38. The van der Waals surface area contributed by atoms with Crippen LogP contribution in [0, 0.1) is 0 Å². The fourth-order valence-electron chi connectivity index (χ4n) is 1.01. The van der Waals surface area contributed by atoms with Gasteiger partial charge in [0.05, 0.1) is 0 Å². The van der Waals surface area contributed by atoms with Crippen molar-refractivity contribution in [1.29, 1.82) is 0 Å². The molecule has 0 saturated carbocycles. The van der Waals surface area contributed by atoms with Crippen LogP contribution in [0.1, 0.15) is 13.3 Å². The molecule has 3 amide bonds. The van der Waals surface area contributed by atoms with E-state index in [1.165, 1.54) is 0 Å². The zero-order chi connectivity index (χ0) is 8.48. The monoisotopic (exact) mass is 154 g/mol. The number of carbonyl (C=O) groups is 2. The molecule has 4 heteroatoms. The molecule has 1 rings (SSSR count). The van der Waals surface area contributed by atoms with Crippen molar-refractivity contribution >= 4 is 11.9 Å². The van der Waals surface area contributed by atoms with Crippen LogP contribution in [0.2, 0.25) is 0 Å². The molecule has 0 aromatic rings. The lowest BCUT2D eigenvalue weighted by Gasteiger charge is -2.17. The van der Waals surface area contributed by atoms with Gasteiger partial charge in [0.15, 0.2) is 0 Å². The average molecular weight is 154 g/mol. The Balaban J connectivity index is 2.78. The molecule has 0 aromatic carbocycles. The molecular weight excluding hydrogens is 144 g/mol. The van der Waals surface area contributed by atoms with Crippen LogP contribution in [-0.4, -0.2) is 17.5 Å². The Morgan fingerprint density at radius 1 is 1.64 bits per heavy atom. The van der Waals surface area contributed by atoms with Crippen LogP contribution >= 0.6 is 0 Å². The molecule has 1 aliphatic rings. The fraction of sp³-hybridized carbons (Fsp3) is 0.429. The Morgan fingerprint density at radius 3 is 2.64 bits per heavy atom. The lowest BCUT2D eigenvalue weighted by Crippen LogP contribution is -2.42. The van der Waals surface area contributed by atoms with E-state index in [9.17, 15) is 9.59 Å². The smallest absolute Gasteiger partial charge is 0.322 e. The Morgan fingerprint density at radius 2 is 2.27 bits per heavy atom. The third kappa shape index (κ3) is 1.24. The zero-order valence-corrected chi connectivity index (χ0v) is 6.31. The standard InChI is InChI=1S/C7H10N2O2/c1-3-4-7(2)5(10)8-6(11)9-7/h3H,1,4H2,2H3,(H2,8,9,10,11). The second-order valence-electron chi connectivity index (χ2n) is 2.73. The van der Waals surface area contributed by atoms with Crippen molar-refractivity contribution in [3.8, 4) is 0 Å². The van der Waals surface area contributed by atoms with Crippen LogP contribution in [0.5, 0.6) is 0 Å². The summed E-state index contributed by atoms with van der Waals surface area (Å²) in [6.45, 7) is 5.16. The van der Waals surface area contributed by atoms with Crippen molar-refractivity contribution in [2.45, 2.75) is 18.9 Å². The number of carbonyl (C=O) groups excluding carboxylic acids is 2. The summed E-state index contributed by atoms with van der Waals surface area (Å²) in [6, 6.07) is -0.431. The molecular formula is C7H10N2O2. The number of hydrogen-bond donors (Lipinski definition) is 2. The number of rotatable bonds is 2. The van der Waals surface area contributed by atoms with E-state index < -0.39 is 11.6 Å². The lowest BCUT2D eigenvalue weighted by molar-refractivity contribution is -0.123. The van der Waals surface area contributed by atoms with Gasteiger partial charge in [0.2, 0.25) is 0 Å². The van der Waals surface area contributed by atoms with Gasteiger partial charge in [-0.1, -0.05) is 6.08 Å². The minimum Gasteiger partial charge on any atom is -0.323 e. The van der Waals surface area contributed by atoms with Crippen LogP contribution < -0.4 is 10.6 Å². The van der Waals surface area contributed by atoms with E-state index in [1.807, 2.05) is 0 Å². The molecule has 0 bridgehead atoms. The topological polar surface area (TPSA) is 58.2 Å². The highest BCUT2D eigenvalue weighted by molar-refractivity contribution is 6.06. The van der Waals surface area contributed by atoms with Gasteiger partial charge >= 0.3 is 6.03 Å². The number of urea groups is 1. The second-order valence-corrected chi connectivity index (χ2v) is 2.73. The van der Waals surface area contributed by atoms with Crippen LogP contribution in [0.4, 0.5) is 4.79 Å². The molecule has 0 spiro atoms. The van der Waals surface area contributed by atoms with Gasteiger partial charge in [0, 0.05) is 0 Å². The number of hydrogen-bond acceptors (Lipinski definition) is 2. The maximum atomic E-state index is 11.1. The quantitative estimate of drug-likeness (QED) is 0.439. The molecule has 1 heterocycles. The van der Waals surface area contributed by atoms with Crippen molar-refractivity contribution < 1.29 is 9.59 Å². The Hall–Kier alpha value is -1.32. The highest BCUT2D eigenvalue weighted by atomic mass is 16.2. The van der Waals surface area contributed by atoms with Crippen LogP contribution in [-0.2, 0) is 4.79 Å². The normalized spacial score (nSPS) is 29.5. The van der Waals surface area contributed by atoms with Crippen LogP contribution in [0.25, 0.3) is 0 Å². The molecule has 0 radical (unpaired) electrons. The summed E-state index contributed by atoms with van der Waals surface area (Å²) in [5.41, 5.74) is -0.793. The van der Waals surface area contributed by atoms with Gasteiger partial charge in [0.1, 0.15) is 5.54 Å². The van der Waals surface area contributed by atoms with E-state index >= 15 is 0 Å². The van der Waals surface area contributed by atoms with E-state index in [0.29, 0.717) is 6.42 Å². The van der Waals surface area contributed by atoms with E-state index in [4.69, 9.17) is 0 Å². The zero-order valence-electron chi connectivity index (χ0n) is 6.31. The minimum atomic E-state index is -0.793. The maximum Gasteiger partial charge on any atom is 0.322 e. The van der Waals surface area contributed by atoms with Crippen molar-refractivity contribution in [3.05, 3.63) is 12.7 Å². The molecule has 4 nitrogen and oxygen atoms in total. The van der Waals surface area contributed by atoms with Gasteiger partial charge in [-0.15, -0.1) is 6.58 Å². The summed E-state index contributed by atoms with van der Waals surface area (Å²) in [4.78, 5) is 21.7. The fourth-order valence-corrected chi connectivity index (χ4v) is 1.01. The molecule has 1 unspecified atom stereocenters. The molecule has 60 valence electrons. The van der Waals surface area contributed by atoms with Gasteiger partial charge < -0.3 is 5.32 Å². The predicted molar refractivity (Wildman–Crippen MR) is 39.9 cm³/mol. The summed E-state index contributed by atoms with van der Waals surface area (Å²) < 4.78 is 0. The lowest BCUT2D eigenvalue weighted by atomic mass is 9.99. The molecule has 1 fully saturated rings. The third-order valence-electron chi connectivity index (χ3n) is 1.67. The minimum absolute atomic E-state index is 0.289. The highest BCUT2D eigenvalue weighted by Crippen LogP contribution is 2.13. The largest absolute Gasteiger partial charge is 0.323 e. The Kier molecular flexibility index (Phi) is 1.68. The summed E-state index contributed by atoms with van der Waals surface area (Å²) >= 11 is 0. The van der Waals surface area contributed by atoms with E-state index in [1.54, 1.807) is 13.0 Å². The van der Waals surface area contributed by atoms with Crippen molar-refractivity contribution in [2.75, 3.05) is 0 Å². The first kappa shape index (κ1) is 7.78.